The zero-order valence-electron chi connectivity index (χ0n) is 10.4. The molecular weight excluding hydrogens is 283 g/mol. The molecule has 0 aliphatic heterocycles. The first-order valence-corrected chi connectivity index (χ1v) is 6.12. The number of rotatable bonds is 4. The SMILES string of the molecule is N/C(=N/O)c1cccc(COc2ccc(Cl)c(F)c2)c1. The van der Waals surface area contributed by atoms with Crippen LogP contribution in [0.5, 0.6) is 5.75 Å². The van der Waals surface area contributed by atoms with Gasteiger partial charge in [-0.1, -0.05) is 35.0 Å². The van der Waals surface area contributed by atoms with Gasteiger partial charge < -0.3 is 15.7 Å². The van der Waals surface area contributed by atoms with E-state index in [4.69, 9.17) is 27.3 Å². The summed E-state index contributed by atoms with van der Waals surface area (Å²) >= 11 is 5.59. The third-order valence-electron chi connectivity index (χ3n) is 2.63. The van der Waals surface area contributed by atoms with Crippen molar-refractivity contribution >= 4 is 17.4 Å². The van der Waals surface area contributed by atoms with Crippen molar-refractivity contribution in [3.05, 3.63) is 64.4 Å². The molecule has 0 atom stereocenters. The Balaban J connectivity index is 2.09. The van der Waals surface area contributed by atoms with Crippen LogP contribution in [0.3, 0.4) is 0 Å². The van der Waals surface area contributed by atoms with E-state index in [-0.39, 0.29) is 17.5 Å². The molecule has 20 heavy (non-hydrogen) atoms. The van der Waals surface area contributed by atoms with Crippen LogP contribution in [0.2, 0.25) is 5.02 Å². The predicted molar refractivity (Wildman–Crippen MR) is 74.7 cm³/mol. The van der Waals surface area contributed by atoms with Crippen LogP contribution in [0.1, 0.15) is 11.1 Å². The normalized spacial score (nSPS) is 11.4. The molecule has 0 spiro atoms. The monoisotopic (exact) mass is 294 g/mol. The van der Waals surface area contributed by atoms with Gasteiger partial charge in [0.05, 0.1) is 5.02 Å². The summed E-state index contributed by atoms with van der Waals surface area (Å²) < 4.78 is 18.7. The maximum atomic E-state index is 13.2. The number of nitrogens with zero attached hydrogens (tertiary/aromatic N) is 1. The lowest BCUT2D eigenvalue weighted by molar-refractivity contribution is 0.304. The van der Waals surface area contributed by atoms with Gasteiger partial charge in [-0.15, -0.1) is 0 Å². The molecule has 0 aromatic heterocycles. The van der Waals surface area contributed by atoms with Crippen LogP contribution in [0.4, 0.5) is 4.39 Å². The molecule has 0 aliphatic carbocycles. The fraction of sp³-hybridized carbons (Fsp3) is 0.0714. The highest BCUT2D eigenvalue weighted by molar-refractivity contribution is 6.30. The van der Waals surface area contributed by atoms with Crippen LogP contribution in [0, 0.1) is 5.82 Å². The van der Waals surface area contributed by atoms with Gasteiger partial charge in [0.1, 0.15) is 18.2 Å². The second-order valence-electron chi connectivity index (χ2n) is 4.05. The van der Waals surface area contributed by atoms with Crippen LogP contribution >= 0.6 is 11.6 Å². The Hall–Kier alpha value is -2.27. The highest BCUT2D eigenvalue weighted by Crippen LogP contribution is 2.21. The number of ether oxygens (including phenoxy) is 1. The lowest BCUT2D eigenvalue weighted by Gasteiger charge is -2.08. The smallest absolute Gasteiger partial charge is 0.170 e. The summed E-state index contributed by atoms with van der Waals surface area (Å²) in [7, 11) is 0. The maximum Gasteiger partial charge on any atom is 0.170 e. The van der Waals surface area contributed by atoms with Crippen molar-refractivity contribution in [2.45, 2.75) is 6.61 Å². The minimum atomic E-state index is -0.533. The fourth-order valence-corrected chi connectivity index (χ4v) is 1.73. The van der Waals surface area contributed by atoms with Gasteiger partial charge in [-0.05, 0) is 23.8 Å². The zero-order chi connectivity index (χ0) is 14.5. The van der Waals surface area contributed by atoms with E-state index >= 15 is 0 Å². The number of nitrogens with two attached hydrogens (primary N) is 1. The van der Waals surface area contributed by atoms with Gasteiger partial charge in [-0.2, -0.15) is 0 Å². The standard InChI is InChI=1S/C14H12ClFN2O2/c15-12-5-4-11(7-13(12)16)20-8-9-2-1-3-10(6-9)14(17)18-19/h1-7,19H,8H2,(H2,17,18). The van der Waals surface area contributed by atoms with E-state index in [1.54, 1.807) is 24.3 Å². The van der Waals surface area contributed by atoms with Crippen molar-refractivity contribution < 1.29 is 14.3 Å². The van der Waals surface area contributed by atoms with Gasteiger partial charge in [0.25, 0.3) is 0 Å². The van der Waals surface area contributed by atoms with Crippen LogP contribution < -0.4 is 10.5 Å². The van der Waals surface area contributed by atoms with Crippen LogP contribution in [-0.4, -0.2) is 11.0 Å². The molecule has 0 unspecified atom stereocenters. The lowest BCUT2D eigenvalue weighted by Crippen LogP contribution is -2.13. The van der Waals surface area contributed by atoms with Gasteiger partial charge in [0.15, 0.2) is 5.84 Å². The van der Waals surface area contributed by atoms with Gasteiger partial charge >= 0.3 is 0 Å². The van der Waals surface area contributed by atoms with Crippen molar-refractivity contribution in [3.63, 3.8) is 0 Å². The van der Waals surface area contributed by atoms with Gasteiger partial charge in [-0.3, -0.25) is 0 Å². The lowest BCUT2D eigenvalue weighted by atomic mass is 10.1. The second kappa shape index (κ2) is 6.25. The third-order valence-corrected chi connectivity index (χ3v) is 2.93. The number of oxime groups is 1. The summed E-state index contributed by atoms with van der Waals surface area (Å²) in [5.41, 5.74) is 6.89. The largest absolute Gasteiger partial charge is 0.489 e. The van der Waals surface area contributed by atoms with Crippen molar-refractivity contribution in [1.29, 1.82) is 0 Å². The minimum Gasteiger partial charge on any atom is -0.489 e. The number of halogens is 2. The van der Waals surface area contributed by atoms with Crippen LogP contribution in [0.25, 0.3) is 0 Å². The summed E-state index contributed by atoms with van der Waals surface area (Å²) in [4.78, 5) is 0. The van der Waals surface area contributed by atoms with E-state index in [9.17, 15) is 4.39 Å². The molecular formula is C14H12ClFN2O2. The molecule has 0 saturated heterocycles. The van der Waals surface area contributed by atoms with Crippen molar-refractivity contribution in [1.82, 2.24) is 0 Å². The molecule has 0 amide bonds. The number of hydrogen-bond donors (Lipinski definition) is 2. The highest BCUT2D eigenvalue weighted by atomic mass is 35.5. The predicted octanol–water partition coefficient (Wildman–Crippen LogP) is 3.15. The van der Waals surface area contributed by atoms with E-state index in [0.717, 1.165) is 5.56 Å². The number of benzene rings is 2. The Morgan fingerprint density at radius 2 is 2.10 bits per heavy atom. The van der Waals surface area contributed by atoms with Crippen LogP contribution in [0.15, 0.2) is 47.6 Å². The summed E-state index contributed by atoms with van der Waals surface area (Å²) in [6.07, 6.45) is 0. The average molecular weight is 295 g/mol. The summed E-state index contributed by atoms with van der Waals surface area (Å²) in [6, 6.07) is 11.2. The third kappa shape index (κ3) is 3.39. The minimum absolute atomic E-state index is 0.0180. The molecule has 3 N–H and O–H groups in total. The van der Waals surface area contributed by atoms with E-state index < -0.39 is 5.82 Å². The van der Waals surface area contributed by atoms with Crippen LogP contribution in [-0.2, 0) is 6.61 Å². The second-order valence-corrected chi connectivity index (χ2v) is 4.46. The Kier molecular flexibility index (Phi) is 4.42. The Labute approximate surface area is 120 Å². The van der Waals surface area contributed by atoms with Crippen molar-refractivity contribution in [3.8, 4) is 5.75 Å². The molecule has 0 saturated carbocycles. The van der Waals surface area contributed by atoms with Gasteiger partial charge in [-0.25, -0.2) is 4.39 Å². The first-order chi connectivity index (χ1) is 9.60. The number of amidine groups is 1. The first-order valence-electron chi connectivity index (χ1n) is 5.75. The molecule has 0 heterocycles. The van der Waals surface area contributed by atoms with E-state index in [1.807, 2.05) is 6.07 Å². The topological polar surface area (TPSA) is 67.8 Å². The van der Waals surface area contributed by atoms with Gasteiger partial charge in [0.2, 0.25) is 0 Å². The Bertz CT molecular complexity index is 647. The molecule has 2 aromatic carbocycles. The van der Waals surface area contributed by atoms with Gasteiger partial charge in [0, 0.05) is 11.6 Å². The highest BCUT2D eigenvalue weighted by Gasteiger charge is 2.04. The Morgan fingerprint density at radius 1 is 1.30 bits per heavy atom. The summed E-state index contributed by atoms with van der Waals surface area (Å²) in [6.45, 7) is 0.230. The van der Waals surface area contributed by atoms with Crippen molar-refractivity contribution in [2.24, 2.45) is 10.9 Å². The van der Waals surface area contributed by atoms with E-state index in [0.29, 0.717) is 11.3 Å². The molecule has 0 bridgehead atoms. The molecule has 2 aromatic rings. The fourth-order valence-electron chi connectivity index (χ4n) is 1.61. The quantitative estimate of drug-likeness (QED) is 0.394. The summed E-state index contributed by atoms with van der Waals surface area (Å²) in [5, 5.41) is 11.6. The number of hydrogen-bond acceptors (Lipinski definition) is 3. The molecule has 6 heteroatoms. The summed E-state index contributed by atoms with van der Waals surface area (Å²) in [5.74, 6) is -0.139. The maximum absolute atomic E-state index is 13.2. The zero-order valence-corrected chi connectivity index (χ0v) is 11.1. The van der Waals surface area contributed by atoms with Crippen molar-refractivity contribution in [2.75, 3.05) is 0 Å². The average Bonchev–Trinajstić information content (AvgIpc) is 2.48. The first kappa shape index (κ1) is 14.1. The molecule has 0 aliphatic rings. The van der Waals surface area contributed by atoms with E-state index in [1.165, 1.54) is 12.1 Å². The molecule has 0 fully saturated rings. The van der Waals surface area contributed by atoms with E-state index in [2.05, 4.69) is 5.16 Å². The Morgan fingerprint density at radius 3 is 2.80 bits per heavy atom. The molecule has 4 nitrogen and oxygen atoms in total. The molecule has 0 radical (unpaired) electrons. The molecule has 104 valence electrons. The molecule has 2 rings (SSSR count).